The highest BCUT2D eigenvalue weighted by atomic mass is 35.5. The fourth-order valence-electron chi connectivity index (χ4n) is 3.93. The Morgan fingerprint density at radius 1 is 0.778 bits per heavy atom. The van der Waals surface area contributed by atoms with Gasteiger partial charge in [0.15, 0.2) is 0 Å². The summed E-state index contributed by atoms with van der Waals surface area (Å²) in [7, 11) is 0. The van der Waals surface area contributed by atoms with E-state index in [0.717, 1.165) is 50.5 Å². The number of nitrogens with one attached hydrogen (secondary N) is 2. The Bertz CT molecular complexity index is 1100. The van der Waals surface area contributed by atoms with Crippen LogP contribution in [0.1, 0.15) is 11.1 Å². The van der Waals surface area contributed by atoms with Gasteiger partial charge in [0.1, 0.15) is 0 Å². The van der Waals surface area contributed by atoms with E-state index in [0.29, 0.717) is 37.6 Å². The van der Waals surface area contributed by atoms with Gasteiger partial charge in [-0.05, 0) is 23.3 Å². The van der Waals surface area contributed by atoms with Gasteiger partial charge in [-0.3, -0.25) is 0 Å². The highest BCUT2D eigenvalue weighted by Gasteiger charge is 2.16. The number of halogens is 1. The van der Waals surface area contributed by atoms with Gasteiger partial charge in [0.2, 0.25) is 17.8 Å². The number of rotatable bonds is 8. The van der Waals surface area contributed by atoms with Crippen molar-refractivity contribution in [1.82, 2.24) is 15.0 Å². The summed E-state index contributed by atoms with van der Waals surface area (Å²) in [5, 5.41) is 7.67. The van der Waals surface area contributed by atoms with Crippen molar-refractivity contribution in [2.75, 3.05) is 73.1 Å². The average Bonchev–Trinajstić information content (AvgIpc) is 2.94. The molecule has 10 nitrogen and oxygen atoms in total. The number of nitrogens with zero attached hydrogens (tertiary/aromatic N) is 6. The summed E-state index contributed by atoms with van der Waals surface area (Å²) in [4.78, 5) is 18.1. The lowest BCUT2D eigenvalue weighted by molar-refractivity contribution is 0.122. The van der Waals surface area contributed by atoms with E-state index in [1.807, 2.05) is 18.2 Å². The summed E-state index contributed by atoms with van der Waals surface area (Å²) in [5.41, 5.74) is 6.30. The van der Waals surface area contributed by atoms with Gasteiger partial charge in [-0.15, -0.1) is 12.4 Å². The molecule has 1 aromatic heterocycles. The fraction of sp³-hybridized carbons (Fsp3) is 0.360. The molecule has 0 saturated carbocycles. The predicted molar refractivity (Wildman–Crippen MR) is 145 cm³/mol. The minimum Gasteiger partial charge on any atom is -0.378 e. The third-order valence-electron chi connectivity index (χ3n) is 5.86. The Balaban J connectivity index is 0.00000304. The molecule has 11 heteroatoms. The van der Waals surface area contributed by atoms with E-state index < -0.39 is 0 Å². The molecular weight excluding hydrogens is 480 g/mol. The molecule has 0 bridgehead atoms. The molecule has 2 saturated heterocycles. The molecule has 2 N–H and O–H groups in total. The number of anilines is 4. The van der Waals surface area contributed by atoms with Crippen LogP contribution in [0.2, 0.25) is 0 Å². The molecule has 3 aromatic rings. The smallest absolute Gasteiger partial charge is 0.250 e. The molecule has 0 spiro atoms. The largest absolute Gasteiger partial charge is 0.378 e. The second-order valence-electron chi connectivity index (χ2n) is 8.28. The van der Waals surface area contributed by atoms with E-state index >= 15 is 0 Å². The zero-order valence-corrected chi connectivity index (χ0v) is 20.9. The quantitative estimate of drug-likeness (QED) is 0.350. The van der Waals surface area contributed by atoms with Crippen molar-refractivity contribution in [2.24, 2.45) is 5.10 Å². The number of hydrogen-bond donors (Lipinski definition) is 2. The second-order valence-corrected chi connectivity index (χ2v) is 8.28. The number of benzene rings is 2. The third kappa shape index (κ3) is 7.03. The Labute approximate surface area is 217 Å². The topological polar surface area (TPSA) is 100 Å². The standard InChI is InChI=1S/C25H30N8O2.ClH/c1-2-4-20(5-3-1)18-26-23-28-24(30-25(29-23)33-12-16-35-17-13-33)31-27-19-21-6-8-22(9-7-21)32-10-14-34-15-11-32;/h1-9,19H,10-18H2,(H2,26,28,29,30,31);1H. The number of aromatic nitrogens is 3. The molecule has 36 heavy (non-hydrogen) atoms. The van der Waals surface area contributed by atoms with Gasteiger partial charge < -0.3 is 24.6 Å². The molecule has 0 unspecified atom stereocenters. The third-order valence-corrected chi connectivity index (χ3v) is 5.86. The Kier molecular flexibility index (Phi) is 9.26. The van der Waals surface area contributed by atoms with Crippen LogP contribution in [0.4, 0.5) is 23.5 Å². The van der Waals surface area contributed by atoms with Crippen molar-refractivity contribution in [2.45, 2.75) is 6.54 Å². The van der Waals surface area contributed by atoms with Crippen LogP contribution >= 0.6 is 12.4 Å². The lowest BCUT2D eigenvalue weighted by Gasteiger charge is -2.28. The molecule has 2 aromatic carbocycles. The van der Waals surface area contributed by atoms with Crippen LogP contribution in [0.25, 0.3) is 0 Å². The van der Waals surface area contributed by atoms with Gasteiger partial charge in [-0.1, -0.05) is 42.5 Å². The van der Waals surface area contributed by atoms with Crippen molar-refractivity contribution in [1.29, 1.82) is 0 Å². The molecule has 2 fully saturated rings. The fourth-order valence-corrected chi connectivity index (χ4v) is 3.93. The Hall–Kier alpha value is -3.47. The molecule has 2 aliphatic rings. The van der Waals surface area contributed by atoms with Crippen LogP contribution in [-0.2, 0) is 16.0 Å². The van der Waals surface area contributed by atoms with Crippen LogP contribution in [0, 0.1) is 0 Å². The van der Waals surface area contributed by atoms with E-state index in [-0.39, 0.29) is 12.4 Å². The lowest BCUT2D eigenvalue weighted by atomic mass is 10.2. The number of hydrazone groups is 1. The van der Waals surface area contributed by atoms with Crippen molar-refractivity contribution >= 4 is 42.2 Å². The maximum absolute atomic E-state index is 5.47. The number of ether oxygens (including phenoxy) is 2. The normalized spacial score (nSPS) is 16.0. The summed E-state index contributed by atoms with van der Waals surface area (Å²) in [6, 6.07) is 18.5. The summed E-state index contributed by atoms with van der Waals surface area (Å²) >= 11 is 0. The monoisotopic (exact) mass is 510 g/mol. The van der Waals surface area contributed by atoms with Crippen LogP contribution in [0.5, 0.6) is 0 Å². The molecule has 3 heterocycles. The highest BCUT2D eigenvalue weighted by Crippen LogP contribution is 2.17. The van der Waals surface area contributed by atoms with Gasteiger partial charge in [-0.2, -0.15) is 20.1 Å². The first kappa shape index (κ1) is 25.6. The highest BCUT2D eigenvalue weighted by molar-refractivity contribution is 5.85. The summed E-state index contributed by atoms with van der Waals surface area (Å²) in [6.45, 7) is 6.77. The Morgan fingerprint density at radius 3 is 2.11 bits per heavy atom. The van der Waals surface area contributed by atoms with Gasteiger partial charge >= 0.3 is 0 Å². The summed E-state index contributed by atoms with van der Waals surface area (Å²) in [6.07, 6.45) is 1.76. The minimum absolute atomic E-state index is 0. The first-order chi connectivity index (χ1) is 17.3. The molecule has 0 radical (unpaired) electrons. The SMILES string of the molecule is C(=NNc1nc(NCc2ccccc2)nc(N2CCOCC2)n1)c1ccc(N2CCOCC2)cc1.Cl. The summed E-state index contributed by atoms with van der Waals surface area (Å²) in [5.74, 6) is 1.49. The maximum atomic E-state index is 5.47. The first-order valence-electron chi connectivity index (χ1n) is 11.9. The zero-order chi connectivity index (χ0) is 23.7. The van der Waals surface area contributed by atoms with E-state index in [4.69, 9.17) is 9.47 Å². The van der Waals surface area contributed by atoms with E-state index in [9.17, 15) is 0 Å². The molecule has 0 aliphatic carbocycles. The molecule has 0 amide bonds. The zero-order valence-electron chi connectivity index (χ0n) is 20.0. The molecule has 190 valence electrons. The van der Waals surface area contributed by atoms with E-state index in [1.54, 1.807) is 6.21 Å². The van der Waals surface area contributed by atoms with Crippen molar-refractivity contribution < 1.29 is 9.47 Å². The van der Waals surface area contributed by atoms with Crippen LogP contribution in [0.3, 0.4) is 0 Å². The molecular formula is C25H31ClN8O2. The van der Waals surface area contributed by atoms with Gasteiger partial charge in [0, 0.05) is 38.4 Å². The number of morpholine rings is 2. The lowest BCUT2D eigenvalue weighted by Crippen LogP contribution is -2.37. The molecule has 5 rings (SSSR count). The van der Waals surface area contributed by atoms with E-state index in [2.05, 4.69) is 77.0 Å². The number of hydrogen-bond acceptors (Lipinski definition) is 10. The van der Waals surface area contributed by atoms with Gasteiger partial charge in [0.25, 0.3) is 0 Å². The predicted octanol–water partition coefficient (Wildman–Crippen LogP) is 3.02. The van der Waals surface area contributed by atoms with Crippen molar-refractivity contribution in [3.8, 4) is 0 Å². The Morgan fingerprint density at radius 2 is 1.42 bits per heavy atom. The summed E-state index contributed by atoms with van der Waals surface area (Å²) < 4.78 is 10.9. The van der Waals surface area contributed by atoms with Crippen LogP contribution in [0.15, 0.2) is 59.7 Å². The first-order valence-corrected chi connectivity index (χ1v) is 11.9. The van der Waals surface area contributed by atoms with Gasteiger partial charge in [0.05, 0.1) is 32.6 Å². The second kappa shape index (κ2) is 13.0. The average molecular weight is 511 g/mol. The van der Waals surface area contributed by atoms with Crippen molar-refractivity contribution in [3.63, 3.8) is 0 Å². The van der Waals surface area contributed by atoms with Gasteiger partial charge in [-0.25, -0.2) is 5.43 Å². The van der Waals surface area contributed by atoms with Crippen LogP contribution in [-0.4, -0.2) is 73.8 Å². The molecule has 0 atom stereocenters. The molecule has 2 aliphatic heterocycles. The van der Waals surface area contributed by atoms with Crippen molar-refractivity contribution in [3.05, 3.63) is 65.7 Å². The minimum atomic E-state index is 0. The van der Waals surface area contributed by atoms with E-state index in [1.165, 1.54) is 5.69 Å². The van der Waals surface area contributed by atoms with Crippen LogP contribution < -0.4 is 20.5 Å². The maximum Gasteiger partial charge on any atom is 0.250 e.